The third-order valence-corrected chi connectivity index (χ3v) is 2.11. The van der Waals surface area contributed by atoms with E-state index in [0.717, 1.165) is 0 Å². The van der Waals surface area contributed by atoms with E-state index in [-0.39, 0.29) is 24.4 Å². The molecule has 0 saturated heterocycles. The van der Waals surface area contributed by atoms with Gasteiger partial charge in [0.25, 0.3) is 0 Å². The third kappa shape index (κ3) is 1.87. The van der Waals surface area contributed by atoms with Crippen LogP contribution >= 0.6 is 0 Å². The van der Waals surface area contributed by atoms with Crippen molar-refractivity contribution < 1.29 is 19.4 Å². The summed E-state index contributed by atoms with van der Waals surface area (Å²) in [4.78, 5) is 31.8. The first-order chi connectivity index (χ1) is 7.72. The van der Waals surface area contributed by atoms with E-state index in [1.807, 2.05) is 0 Å². The maximum absolute atomic E-state index is 11.5. The summed E-state index contributed by atoms with van der Waals surface area (Å²) in [5.74, 6) is -0.704. The van der Waals surface area contributed by atoms with Gasteiger partial charge in [0.05, 0.1) is 24.9 Å². The Morgan fingerprint density at radius 3 is 3.19 bits per heavy atom. The van der Waals surface area contributed by atoms with Gasteiger partial charge >= 0.3 is 5.97 Å². The van der Waals surface area contributed by atoms with Crippen molar-refractivity contribution in [1.82, 2.24) is 9.78 Å². The lowest BCUT2D eigenvalue weighted by atomic mass is 10.1. The minimum atomic E-state index is -0.633. The van der Waals surface area contributed by atoms with E-state index in [1.54, 1.807) is 6.92 Å². The smallest absolute Gasteiger partial charge is 0.294 e. The molecular weight excluding hydrogens is 212 g/mol. The molecule has 0 atom stereocenters. The maximum Gasteiger partial charge on any atom is 0.376 e. The number of fused-ring (bicyclic) bond motifs is 1. The number of allylic oxidation sites excluding steroid dienone is 1. The van der Waals surface area contributed by atoms with Crippen LogP contribution in [0.15, 0.2) is 12.3 Å². The standard InChI is InChI=1S/C10H10N2O4/c1-2-15-16-10(14)8-6-11-12-4-3-7(13)5-9(8)12/h3-4,6H,2,5H2,1H3. The fourth-order valence-electron chi connectivity index (χ4n) is 1.40. The second kappa shape index (κ2) is 4.28. The fourth-order valence-corrected chi connectivity index (χ4v) is 1.40. The van der Waals surface area contributed by atoms with Gasteiger partial charge in [-0.15, -0.1) is 0 Å². The molecule has 2 heterocycles. The number of carbonyl (C=O) groups is 2. The number of rotatable bonds is 3. The molecular formula is C10H10N2O4. The molecule has 0 radical (unpaired) electrons. The molecule has 0 spiro atoms. The van der Waals surface area contributed by atoms with Crippen LogP contribution in [0.1, 0.15) is 23.0 Å². The van der Waals surface area contributed by atoms with Crippen molar-refractivity contribution in [2.75, 3.05) is 6.61 Å². The van der Waals surface area contributed by atoms with Crippen LogP contribution in [-0.4, -0.2) is 28.1 Å². The Morgan fingerprint density at radius 1 is 1.62 bits per heavy atom. The Labute approximate surface area is 91.4 Å². The number of hydrogen-bond acceptors (Lipinski definition) is 5. The summed E-state index contributed by atoms with van der Waals surface area (Å²) in [5, 5.41) is 3.94. The Bertz CT molecular complexity index is 461. The Balaban J connectivity index is 2.23. The molecule has 1 aromatic rings. The van der Waals surface area contributed by atoms with E-state index in [2.05, 4.69) is 14.9 Å². The van der Waals surface area contributed by atoms with Crippen molar-refractivity contribution in [3.8, 4) is 0 Å². The lowest BCUT2D eigenvalue weighted by molar-refractivity contribution is -0.236. The second-order valence-electron chi connectivity index (χ2n) is 3.19. The molecule has 6 nitrogen and oxygen atoms in total. The zero-order chi connectivity index (χ0) is 11.5. The number of aromatic nitrogens is 2. The van der Waals surface area contributed by atoms with Gasteiger partial charge in [0.15, 0.2) is 5.78 Å². The number of hydrogen-bond donors (Lipinski definition) is 0. The van der Waals surface area contributed by atoms with Crippen molar-refractivity contribution in [2.45, 2.75) is 13.3 Å². The molecule has 0 unspecified atom stereocenters. The minimum absolute atomic E-state index is 0.0709. The summed E-state index contributed by atoms with van der Waals surface area (Å²) in [6.07, 6.45) is 4.43. The summed E-state index contributed by atoms with van der Waals surface area (Å²) in [6.45, 7) is 1.97. The van der Waals surface area contributed by atoms with Gasteiger partial charge < -0.3 is 0 Å². The van der Waals surface area contributed by atoms with Crippen molar-refractivity contribution in [3.05, 3.63) is 23.5 Å². The Kier molecular flexibility index (Phi) is 2.82. The van der Waals surface area contributed by atoms with E-state index in [4.69, 9.17) is 0 Å². The maximum atomic E-state index is 11.5. The Morgan fingerprint density at radius 2 is 2.44 bits per heavy atom. The molecule has 2 rings (SSSR count). The van der Waals surface area contributed by atoms with E-state index in [9.17, 15) is 9.59 Å². The monoisotopic (exact) mass is 222 g/mol. The van der Waals surface area contributed by atoms with E-state index < -0.39 is 5.97 Å². The zero-order valence-electron chi connectivity index (χ0n) is 8.67. The van der Waals surface area contributed by atoms with Gasteiger partial charge in [-0.2, -0.15) is 9.99 Å². The van der Waals surface area contributed by atoms with E-state index >= 15 is 0 Å². The molecule has 6 heteroatoms. The third-order valence-electron chi connectivity index (χ3n) is 2.11. The molecule has 16 heavy (non-hydrogen) atoms. The Hall–Kier alpha value is -1.95. The highest BCUT2D eigenvalue weighted by Crippen LogP contribution is 2.15. The topological polar surface area (TPSA) is 70.4 Å². The van der Waals surface area contributed by atoms with Crippen molar-refractivity contribution >= 4 is 18.0 Å². The number of nitrogens with zero attached hydrogens (tertiary/aromatic N) is 2. The SMILES string of the molecule is CCOOC(=O)c1cnn2c1CC(=O)C=C2. The average Bonchev–Trinajstić information content (AvgIpc) is 2.68. The minimum Gasteiger partial charge on any atom is -0.294 e. The van der Waals surface area contributed by atoms with Crippen LogP contribution in [0.2, 0.25) is 0 Å². The summed E-state index contributed by atoms with van der Waals surface area (Å²) in [5.41, 5.74) is 0.781. The zero-order valence-corrected chi connectivity index (χ0v) is 8.67. The molecule has 0 bridgehead atoms. The normalized spacial score (nSPS) is 13.7. The van der Waals surface area contributed by atoms with Gasteiger partial charge in [-0.3, -0.25) is 9.68 Å². The van der Waals surface area contributed by atoms with Gasteiger partial charge in [-0.1, -0.05) is 0 Å². The lowest BCUT2D eigenvalue weighted by Crippen LogP contribution is -2.15. The average molecular weight is 222 g/mol. The highest BCUT2D eigenvalue weighted by molar-refractivity contribution is 5.98. The van der Waals surface area contributed by atoms with Crippen LogP contribution in [0.25, 0.3) is 6.20 Å². The molecule has 1 aliphatic rings. The molecule has 1 aromatic heterocycles. The van der Waals surface area contributed by atoms with E-state index in [0.29, 0.717) is 5.69 Å². The van der Waals surface area contributed by atoms with Crippen LogP contribution in [0, 0.1) is 0 Å². The molecule has 1 aliphatic heterocycles. The van der Waals surface area contributed by atoms with Crippen molar-refractivity contribution in [3.63, 3.8) is 0 Å². The molecule has 0 aliphatic carbocycles. The second-order valence-corrected chi connectivity index (χ2v) is 3.19. The summed E-state index contributed by atoms with van der Waals surface area (Å²) in [6, 6.07) is 0. The molecule has 0 saturated carbocycles. The van der Waals surface area contributed by atoms with Crippen molar-refractivity contribution in [1.29, 1.82) is 0 Å². The molecule has 0 fully saturated rings. The lowest BCUT2D eigenvalue weighted by Gasteiger charge is -2.07. The quantitative estimate of drug-likeness (QED) is 0.552. The van der Waals surface area contributed by atoms with Crippen LogP contribution < -0.4 is 0 Å². The predicted molar refractivity (Wildman–Crippen MR) is 53.3 cm³/mol. The van der Waals surface area contributed by atoms with E-state index in [1.165, 1.54) is 23.2 Å². The largest absolute Gasteiger partial charge is 0.376 e. The van der Waals surface area contributed by atoms with Crippen LogP contribution in [-0.2, 0) is 21.0 Å². The van der Waals surface area contributed by atoms with Crippen LogP contribution in [0.4, 0.5) is 0 Å². The first-order valence-corrected chi connectivity index (χ1v) is 4.83. The van der Waals surface area contributed by atoms with Crippen LogP contribution in [0.5, 0.6) is 0 Å². The van der Waals surface area contributed by atoms with Gasteiger partial charge in [-0.25, -0.2) is 9.48 Å². The summed E-state index contributed by atoms with van der Waals surface area (Å²) < 4.78 is 1.48. The first-order valence-electron chi connectivity index (χ1n) is 4.83. The molecule has 84 valence electrons. The van der Waals surface area contributed by atoms with Gasteiger partial charge in [0, 0.05) is 6.20 Å². The molecule has 0 amide bonds. The summed E-state index contributed by atoms with van der Waals surface area (Å²) in [7, 11) is 0. The fraction of sp³-hybridized carbons (Fsp3) is 0.300. The van der Waals surface area contributed by atoms with Gasteiger partial charge in [-0.05, 0) is 13.0 Å². The number of carbonyl (C=O) groups excluding carboxylic acids is 2. The van der Waals surface area contributed by atoms with Gasteiger partial charge in [0.2, 0.25) is 0 Å². The molecule has 0 N–H and O–H groups in total. The first kappa shape index (κ1) is 10.6. The molecule has 0 aromatic carbocycles. The number of ketones is 1. The predicted octanol–water partition coefficient (Wildman–Crippen LogP) is 0.587. The summed E-state index contributed by atoms with van der Waals surface area (Å²) >= 11 is 0. The highest BCUT2D eigenvalue weighted by Gasteiger charge is 2.22. The van der Waals surface area contributed by atoms with Gasteiger partial charge in [0.1, 0.15) is 5.56 Å². The highest BCUT2D eigenvalue weighted by atomic mass is 17.2. The van der Waals surface area contributed by atoms with Crippen LogP contribution in [0.3, 0.4) is 0 Å². The van der Waals surface area contributed by atoms with Crippen molar-refractivity contribution in [2.24, 2.45) is 0 Å².